The molecule has 1 aliphatic rings. The van der Waals surface area contributed by atoms with Crippen molar-refractivity contribution in [1.82, 2.24) is 10.3 Å². The topological polar surface area (TPSA) is 125 Å². The normalized spacial score (nSPS) is 22.1. The Morgan fingerprint density at radius 1 is 1.41 bits per heavy atom. The zero-order chi connectivity index (χ0) is 23.5. The van der Waals surface area contributed by atoms with Gasteiger partial charge in [-0.05, 0) is 40.9 Å². The first-order valence-electron chi connectivity index (χ1n) is 9.57. The summed E-state index contributed by atoms with van der Waals surface area (Å²) in [5.74, 6) is -0.931. The number of nitrogens with zero attached hydrogens (tertiary/aromatic N) is 3. The van der Waals surface area contributed by atoms with Crippen molar-refractivity contribution >= 4 is 22.9 Å². The van der Waals surface area contributed by atoms with Gasteiger partial charge in [-0.25, -0.2) is 8.78 Å². The Morgan fingerprint density at radius 2 is 2.16 bits per heavy atom. The van der Waals surface area contributed by atoms with Crippen LogP contribution in [0, 0.1) is 11.6 Å². The fourth-order valence-electron chi connectivity index (χ4n) is 3.85. The predicted octanol–water partition coefficient (Wildman–Crippen LogP) is 1.01. The van der Waals surface area contributed by atoms with Gasteiger partial charge in [0.2, 0.25) is 5.88 Å². The summed E-state index contributed by atoms with van der Waals surface area (Å²) in [4.78, 5) is 9.87. The molecule has 1 aliphatic heterocycles. The zero-order valence-electron chi connectivity index (χ0n) is 17.8. The lowest BCUT2D eigenvalue weighted by molar-refractivity contribution is 0.184. The van der Waals surface area contributed by atoms with E-state index in [0.717, 1.165) is 23.8 Å². The van der Waals surface area contributed by atoms with Crippen molar-refractivity contribution in [3.8, 4) is 5.88 Å². The lowest BCUT2D eigenvalue weighted by Gasteiger charge is -2.37. The first-order valence-corrected chi connectivity index (χ1v) is 10.7. The Balaban J connectivity index is 2.16. The van der Waals surface area contributed by atoms with E-state index in [2.05, 4.69) is 15.3 Å². The van der Waals surface area contributed by atoms with Crippen LogP contribution in [0.5, 0.6) is 5.88 Å². The van der Waals surface area contributed by atoms with Gasteiger partial charge in [-0.1, -0.05) is 0 Å². The third-order valence-corrected chi connectivity index (χ3v) is 6.32. The van der Waals surface area contributed by atoms with Crippen molar-refractivity contribution < 1.29 is 27.0 Å². The Labute approximate surface area is 186 Å². The number of halogens is 2. The van der Waals surface area contributed by atoms with Crippen LogP contribution in [-0.2, 0) is 28.0 Å². The maximum Gasteiger partial charge on any atom is 0.215 e. The van der Waals surface area contributed by atoms with E-state index in [-0.39, 0.29) is 31.2 Å². The van der Waals surface area contributed by atoms with Gasteiger partial charge in [0, 0.05) is 38.9 Å². The molecule has 2 aromatic rings. The number of guanidine groups is 1. The number of hydrogen-bond donors (Lipinski definition) is 2. The second-order valence-electron chi connectivity index (χ2n) is 7.27. The molecule has 0 saturated carbocycles. The molecule has 3 unspecified atom stereocenters. The first kappa shape index (κ1) is 23.8. The number of nitrogens with two attached hydrogens (primary N) is 1. The summed E-state index contributed by atoms with van der Waals surface area (Å²) in [6.07, 6.45) is 0. The van der Waals surface area contributed by atoms with E-state index in [0.29, 0.717) is 11.7 Å². The van der Waals surface area contributed by atoms with Crippen molar-refractivity contribution in [2.75, 3.05) is 39.3 Å². The fraction of sp³-hybridized carbons (Fsp3) is 0.400. The maximum atomic E-state index is 14.9. The van der Waals surface area contributed by atoms with Crippen LogP contribution in [0.1, 0.15) is 11.1 Å². The summed E-state index contributed by atoms with van der Waals surface area (Å²) >= 11 is -2.69. The number of anilines is 1. The quantitative estimate of drug-likeness (QED) is 0.350. The second kappa shape index (κ2) is 9.76. The molecule has 1 saturated heterocycles. The zero-order valence-corrected chi connectivity index (χ0v) is 18.6. The molecular formula is C20H24F2N5O4S-. The van der Waals surface area contributed by atoms with Gasteiger partial charge < -0.3 is 30.0 Å². The van der Waals surface area contributed by atoms with Crippen LogP contribution in [0.25, 0.3) is 0 Å². The molecule has 1 aromatic heterocycles. The molecule has 0 bridgehead atoms. The summed E-state index contributed by atoms with van der Waals surface area (Å²) in [5, 5.41) is 1.62. The summed E-state index contributed by atoms with van der Waals surface area (Å²) in [6, 6.07) is 6.27. The molecule has 0 amide bonds. The maximum absolute atomic E-state index is 14.9. The van der Waals surface area contributed by atoms with Crippen LogP contribution in [-0.4, -0.2) is 59.3 Å². The summed E-state index contributed by atoms with van der Waals surface area (Å²) in [6.45, 7) is 0.117. The Morgan fingerprint density at radius 3 is 2.78 bits per heavy atom. The number of methoxy groups -OCH3 is 2. The first-order chi connectivity index (χ1) is 15.2. The molecule has 9 nitrogen and oxygen atoms in total. The van der Waals surface area contributed by atoms with E-state index in [9.17, 15) is 17.5 Å². The van der Waals surface area contributed by atoms with Crippen molar-refractivity contribution in [3.05, 3.63) is 53.1 Å². The van der Waals surface area contributed by atoms with Crippen LogP contribution in [0.15, 0.2) is 35.3 Å². The largest absolute Gasteiger partial charge is 0.772 e. The van der Waals surface area contributed by atoms with Crippen molar-refractivity contribution in [2.24, 2.45) is 10.7 Å². The van der Waals surface area contributed by atoms with Crippen LogP contribution in [0.4, 0.5) is 14.6 Å². The molecule has 3 rings (SSSR count). The number of nitrogens with one attached hydrogen (secondary N) is 1. The highest BCUT2D eigenvalue weighted by molar-refractivity contribution is 7.80. The molecule has 0 aliphatic carbocycles. The SMILES string of the molecule is CN=C(N)NC1(c2cc(F)ccc2F)CN(c2cc(COC)cc(OC)n2)CC1S(=O)[O-]. The van der Waals surface area contributed by atoms with Gasteiger partial charge in [-0.15, -0.1) is 0 Å². The minimum atomic E-state index is -2.69. The number of pyridine rings is 1. The lowest BCUT2D eigenvalue weighted by atomic mass is 9.88. The number of aliphatic imine (C=N–C) groups is 1. The van der Waals surface area contributed by atoms with Crippen LogP contribution in [0.3, 0.4) is 0 Å². The number of ether oxygens (including phenoxy) is 2. The fourth-order valence-corrected chi connectivity index (χ4v) is 4.74. The minimum Gasteiger partial charge on any atom is -0.772 e. The standard InChI is InChI=1S/C20H25F2N5O4S/c1-24-19(23)26-20(14-8-13(21)4-5-15(14)22)11-27(9-16(20)32(28)29)17-6-12(10-30-2)7-18(25-17)31-3/h4-8,16H,9-11H2,1-3H3,(H,28,29)(H3,23,24,26)/p-1. The van der Waals surface area contributed by atoms with E-state index >= 15 is 0 Å². The highest BCUT2D eigenvalue weighted by Gasteiger charge is 2.51. The Hall–Kier alpha value is -2.83. The smallest absolute Gasteiger partial charge is 0.215 e. The molecule has 0 radical (unpaired) electrons. The van der Waals surface area contributed by atoms with Crippen molar-refractivity contribution in [1.29, 1.82) is 0 Å². The second-order valence-corrected chi connectivity index (χ2v) is 8.36. The molecule has 3 N–H and O–H groups in total. The third kappa shape index (κ3) is 4.66. The molecule has 1 fully saturated rings. The van der Waals surface area contributed by atoms with E-state index in [1.54, 1.807) is 17.0 Å². The van der Waals surface area contributed by atoms with E-state index < -0.39 is 33.5 Å². The molecule has 32 heavy (non-hydrogen) atoms. The molecule has 0 spiro atoms. The predicted molar refractivity (Wildman–Crippen MR) is 115 cm³/mol. The Kier molecular flexibility index (Phi) is 7.26. The number of benzene rings is 1. The van der Waals surface area contributed by atoms with Gasteiger partial charge in [0.15, 0.2) is 5.96 Å². The molecule has 3 atom stereocenters. The highest BCUT2D eigenvalue weighted by atomic mass is 32.2. The van der Waals surface area contributed by atoms with Gasteiger partial charge in [0.1, 0.15) is 23.0 Å². The average molecular weight is 469 g/mol. The molecule has 2 heterocycles. The minimum absolute atomic E-state index is 0.0668. The van der Waals surface area contributed by atoms with Crippen LogP contribution >= 0.6 is 0 Å². The molecular weight excluding hydrogens is 444 g/mol. The van der Waals surface area contributed by atoms with Crippen LogP contribution < -0.4 is 20.7 Å². The van der Waals surface area contributed by atoms with Crippen LogP contribution in [0.2, 0.25) is 0 Å². The van der Waals surface area contributed by atoms with E-state index in [1.807, 2.05) is 0 Å². The summed E-state index contributed by atoms with van der Waals surface area (Å²) in [7, 11) is 4.39. The lowest BCUT2D eigenvalue weighted by Crippen LogP contribution is -2.57. The average Bonchev–Trinajstić information content (AvgIpc) is 3.15. The van der Waals surface area contributed by atoms with Crippen molar-refractivity contribution in [3.63, 3.8) is 0 Å². The van der Waals surface area contributed by atoms with Gasteiger partial charge in [-0.3, -0.25) is 9.20 Å². The molecule has 174 valence electrons. The van der Waals surface area contributed by atoms with Crippen molar-refractivity contribution in [2.45, 2.75) is 17.4 Å². The van der Waals surface area contributed by atoms with E-state index in [4.69, 9.17) is 15.2 Å². The number of rotatable bonds is 7. The van der Waals surface area contributed by atoms with Gasteiger partial charge >= 0.3 is 0 Å². The van der Waals surface area contributed by atoms with E-state index in [1.165, 1.54) is 21.3 Å². The van der Waals surface area contributed by atoms with Gasteiger partial charge in [-0.2, -0.15) is 4.98 Å². The molecule has 12 heteroatoms. The third-order valence-electron chi connectivity index (χ3n) is 5.30. The van der Waals surface area contributed by atoms with Gasteiger partial charge in [0.05, 0.1) is 19.0 Å². The highest BCUT2D eigenvalue weighted by Crippen LogP contribution is 2.39. The van der Waals surface area contributed by atoms with Gasteiger partial charge in [0.25, 0.3) is 0 Å². The monoisotopic (exact) mass is 468 g/mol. The molecule has 1 aromatic carbocycles. The summed E-state index contributed by atoms with van der Waals surface area (Å²) < 4.78 is 64.0. The Bertz CT molecular complexity index is 1040. The number of aromatic nitrogens is 1. The number of hydrogen-bond acceptors (Lipinski definition) is 7. The summed E-state index contributed by atoms with van der Waals surface area (Å²) in [5.41, 5.74) is 4.80.